The Bertz CT molecular complexity index is 1020. The van der Waals surface area contributed by atoms with Crippen LogP contribution in [-0.4, -0.2) is 15.4 Å². The first-order chi connectivity index (χ1) is 11.9. The summed E-state index contributed by atoms with van der Waals surface area (Å²) < 4.78 is 7.37. The fourth-order valence-corrected chi connectivity index (χ4v) is 3.04. The third-order valence-corrected chi connectivity index (χ3v) is 4.46. The molecule has 0 aliphatic heterocycles. The zero-order valence-corrected chi connectivity index (χ0v) is 15.8. The van der Waals surface area contributed by atoms with Gasteiger partial charge < -0.3 is 4.74 Å². The van der Waals surface area contributed by atoms with Gasteiger partial charge in [-0.15, -0.1) is 0 Å². The number of rotatable bonds is 4. The number of fused-ring (bicyclic) bond motifs is 1. The maximum absolute atomic E-state index is 12.1. The highest BCUT2D eigenvalue weighted by atomic mass is 79.9. The average Bonchev–Trinajstić information content (AvgIpc) is 2.56. The number of hydrogen-bond acceptors (Lipinski definition) is 4. The number of halogens is 3. The molecule has 0 saturated carbocycles. The molecule has 0 atom stereocenters. The van der Waals surface area contributed by atoms with Crippen molar-refractivity contribution in [2.45, 2.75) is 13.0 Å². The van der Waals surface area contributed by atoms with E-state index < -0.39 is 5.97 Å². The number of hydrogen-bond donors (Lipinski definition) is 0. The Balaban J connectivity index is 1.70. The van der Waals surface area contributed by atoms with E-state index in [0.29, 0.717) is 26.9 Å². The van der Waals surface area contributed by atoms with E-state index in [0.717, 1.165) is 4.47 Å². The van der Waals surface area contributed by atoms with Crippen molar-refractivity contribution >= 4 is 50.7 Å². The normalized spacial score (nSPS) is 10.8. The van der Waals surface area contributed by atoms with Crippen LogP contribution >= 0.6 is 39.1 Å². The molecule has 0 unspecified atom stereocenters. The van der Waals surface area contributed by atoms with E-state index in [1.54, 1.807) is 36.5 Å². The second-order valence-corrected chi connectivity index (χ2v) is 6.99. The summed E-state index contributed by atoms with van der Waals surface area (Å²) in [7, 11) is 0. The lowest BCUT2D eigenvalue weighted by atomic mass is 10.1. The Morgan fingerprint density at radius 3 is 2.76 bits per heavy atom. The highest BCUT2D eigenvalue weighted by molar-refractivity contribution is 9.10. The number of carbonyl (C=O) groups is 1. The first-order valence-electron chi connectivity index (χ1n) is 7.20. The summed E-state index contributed by atoms with van der Waals surface area (Å²) in [6.45, 7) is -0.0914. The molecular formula is C17H11BrCl2N2O3. The number of carbonyl (C=O) groups excluding carboxylic acids is 1. The van der Waals surface area contributed by atoms with Crippen LogP contribution in [0.2, 0.25) is 10.0 Å². The van der Waals surface area contributed by atoms with Gasteiger partial charge in [0, 0.05) is 26.8 Å². The summed E-state index contributed by atoms with van der Waals surface area (Å²) in [5.74, 6) is -0.470. The summed E-state index contributed by atoms with van der Waals surface area (Å²) in [6, 6.07) is 9.70. The molecule has 0 bridgehead atoms. The lowest BCUT2D eigenvalue weighted by Gasteiger charge is -2.07. The summed E-state index contributed by atoms with van der Waals surface area (Å²) in [6.07, 6.45) is 1.64. The minimum Gasteiger partial charge on any atom is -0.459 e. The van der Waals surface area contributed by atoms with Gasteiger partial charge in [0.15, 0.2) is 0 Å². The fourth-order valence-electron chi connectivity index (χ4n) is 2.23. The number of ether oxygens (including phenoxy) is 1. The van der Waals surface area contributed by atoms with Crippen LogP contribution in [-0.2, 0) is 22.6 Å². The molecule has 0 radical (unpaired) electrons. The standard InChI is InChI=1S/C17H11BrCl2N2O3/c18-11-2-4-15-21-13(7-16(23)22(15)8-11)9-25-17(24)5-10-1-3-12(19)6-14(10)20/h1-4,6-8H,5,9H2. The van der Waals surface area contributed by atoms with E-state index in [9.17, 15) is 9.59 Å². The highest BCUT2D eigenvalue weighted by Crippen LogP contribution is 2.21. The SMILES string of the molecule is O=C(Cc1ccc(Cl)cc1Cl)OCc1cc(=O)n2cc(Br)ccc2n1. The molecule has 0 amide bonds. The van der Waals surface area contributed by atoms with Gasteiger partial charge in [0.1, 0.15) is 12.3 Å². The van der Waals surface area contributed by atoms with E-state index in [1.165, 1.54) is 10.5 Å². The molecule has 0 aliphatic carbocycles. The van der Waals surface area contributed by atoms with Gasteiger partial charge in [-0.3, -0.25) is 14.0 Å². The third kappa shape index (κ3) is 4.39. The lowest BCUT2D eigenvalue weighted by molar-refractivity contribution is -0.144. The molecule has 0 N–H and O–H groups in total. The molecule has 5 nitrogen and oxygen atoms in total. The van der Waals surface area contributed by atoms with Crippen molar-refractivity contribution in [1.29, 1.82) is 0 Å². The van der Waals surface area contributed by atoms with Crippen LogP contribution in [0.25, 0.3) is 5.65 Å². The number of nitrogens with zero attached hydrogens (tertiary/aromatic N) is 2. The van der Waals surface area contributed by atoms with E-state index in [-0.39, 0.29) is 18.6 Å². The van der Waals surface area contributed by atoms with Gasteiger partial charge in [0.05, 0.1) is 12.1 Å². The van der Waals surface area contributed by atoms with Crippen LogP contribution < -0.4 is 5.56 Å². The zero-order valence-electron chi connectivity index (χ0n) is 12.7. The van der Waals surface area contributed by atoms with E-state index in [1.807, 2.05) is 0 Å². The smallest absolute Gasteiger partial charge is 0.310 e. The van der Waals surface area contributed by atoms with E-state index >= 15 is 0 Å². The molecule has 25 heavy (non-hydrogen) atoms. The first-order valence-corrected chi connectivity index (χ1v) is 8.74. The summed E-state index contributed by atoms with van der Waals surface area (Å²) in [4.78, 5) is 28.4. The van der Waals surface area contributed by atoms with Gasteiger partial charge in [0.25, 0.3) is 5.56 Å². The Morgan fingerprint density at radius 2 is 2.00 bits per heavy atom. The largest absolute Gasteiger partial charge is 0.459 e. The molecule has 3 aromatic rings. The molecular weight excluding hydrogens is 431 g/mol. The number of pyridine rings is 1. The molecule has 0 aliphatic rings. The third-order valence-electron chi connectivity index (χ3n) is 3.41. The minimum atomic E-state index is -0.470. The summed E-state index contributed by atoms with van der Waals surface area (Å²) >= 11 is 15.2. The van der Waals surface area contributed by atoms with E-state index in [2.05, 4.69) is 20.9 Å². The van der Waals surface area contributed by atoms with Gasteiger partial charge in [-0.05, 0) is 45.8 Å². The van der Waals surface area contributed by atoms with Crippen LogP contribution in [0.15, 0.2) is 51.9 Å². The van der Waals surface area contributed by atoms with Gasteiger partial charge in [0.2, 0.25) is 0 Å². The summed E-state index contributed by atoms with van der Waals surface area (Å²) in [5, 5.41) is 0.895. The number of esters is 1. The van der Waals surface area contributed by atoms with Crippen LogP contribution in [0.3, 0.4) is 0 Å². The molecule has 1 aromatic carbocycles. The van der Waals surface area contributed by atoms with E-state index in [4.69, 9.17) is 27.9 Å². The predicted octanol–water partition coefficient (Wildman–Crippen LogP) is 4.05. The van der Waals surface area contributed by atoms with Crippen LogP contribution in [0.5, 0.6) is 0 Å². The Hall–Kier alpha value is -1.89. The van der Waals surface area contributed by atoms with Crippen molar-refractivity contribution in [2.24, 2.45) is 0 Å². The Labute approximate surface area is 161 Å². The van der Waals surface area contributed by atoms with Crippen molar-refractivity contribution in [2.75, 3.05) is 0 Å². The molecule has 128 valence electrons. The van der Waals surface area contributed by atoms with Crippen molar-refractivity contribution in [3.63, 3.8) is 0 Å². The van der Waals surface area contributed by atoms with Gasteiger partial charge in [-0.25, -0.2) is 4.98 Å². The monoisotopic (exact) mass is 440 g/mol. The van der Waals surface area contributed by atoms with Crippen molar-refractivity contribution in [1.82, 2.24) is 9.38 Å². The zero-order chi connectivity index (χ0) is 18.0. The van der Waals surface area contributed by atoms with Crippen LogP contribution in [0.1, 0.15) is 11.3 Å². The van der Waals surface area contributed by atoms with Crippen molar-refractivity contribution in [3.05, 3.63) is 78.7 Å². The molecule has 2 heterocycles. The molecule has 2 aromatic heterocycles. The number of aromatic nitrogens is 2. The first kappa shape index (κ1) is 17.9. The van der Waals surface area contributed by atoms with Gasteiger partial charge in [-0.2, -0.15) is 0 Å². The quantitative estimate of drug-likeness (QED) is 0.573. The molecule has 8 heteroatoms. The Morgan fingerprint density at radius 1 is 1.20 bits per heavy atom. The second-order valence-electron chi connectivity index (χ2n) is 5.23. The maximum atomic E-state index is 12.1. The maximum Gasteiger partial charge on any atom is 0.310 e. The summed E-state index contributed by atoms with van der Waals surface area (Å²) in [5.41, 5.74) is 1.22. The Kier molecular flexibility index (Phi) is 5.42. The highest BCUT2D eigenvalue weighted by Gasteiger charge is 2.10. The molecule has 0 spiro atoms. The average molecular weight is 442 g/mol. The van der Waals surface area contributed by atoms with Crippen LogP contribution in [0, 0.1) is 0 Å². The predicted molar refractivity (Wildman–Crippen MR) is 99.1 cm³/mol. The second kappa shape index (κ2) is 7.56. The molecule has 0 saturated heterocycles. The fraction of sp³-hybridized carbons (Fsp3) is 0.118. The van der Waals surface area contributed by atoms with Gasteiger partial charge >= 0.3 is 5.97 Å². The molecule has 3 rings (SSSR count). The van der Waals surface area contributed by atoms with Crippen molar-refractivity contribution in [3.8, 4) is 0 Å². The van der Waals surface area contributed by atoms with Crippen LogP contribution in [0.4, 0.5) is 0 Å². The lowest BCUT2D eigenvalue weighted by Crippen LogP contribution is -2.17. The molecule has 0 fully saturated rings. The topological polar surface area (TPSA) is 60.7 Å². The number of benzene rings is 1. The minimum absolute atomic E-state index is 0.00944. The van der Waals surface area contributed by atoms with Gasteiger partial charge in [-0.1, -0.05) is 29.3 Å². The van der Waals surface area contributed by atoms with Crippen molar-refractivity contribution < 1.29 is 9.53 Å².